The number of benzene rings is 1. The number of anilines is 1. The molecule has 118 valence electrons. The van der Waals surface area contributed by atoms with Crippen LogP contribution in [0.25, 0.3) is 0 Å². The predicted molar refractivity (Wildman–Crippen MR) is 84.5 cm³/mol. The van der Waals surface area contributed by atoms with Crippen LogP contribution >= 0.6 is 0 Å². The molecule has 7 nitrogen and oxygen atoms in total. The normalized spacial score (nSPS) is 9.87. The van der Waals surface area contributed by atoms with Crippen LogP contribution in [0.1, 0.15) is 28.8 Å². The quantitative estimate of drug-likeness (QED) is 0.675. The first-order valence-corrected chi connectivity index (χ1v) is 7.22. The molecule has 2 amide bonds. The van der Waals surface area contributed by atoms with Crippen molar-refractivity contribution in [2.24, 2.45) is 0 Å². The van der Waals surface area contributed by atoms with Gasteiger partial charge >= 0.3 is 0 Å². The van der Waals surface area contributed by atoms with Gasteiger partial charge in [-0.2, -0.15) is 10.4 Å². The molecule has 0 aliphatic heterocycles. The van der Waals surface area contributed by atoms with Crippen molar-refractivity contribution in [3.05, 3.63) is 47.8 Å². The average molecular weight is 311 g/mol. The second-order valence-electron chi connectivity index (χ2n) is 4.93. The molecule has 2 aromatic rings. The Kier molecular flexibility index (Phi) is 5.89. The van der Waals surface area contributed by atoms with E-state index >= 15 is 0 Å². The summed E-state index contributed by atoms with van der Waals surface area (Å²) in [7, 11) is 0. The van der Waals surface area contributed by atoms with Gasteiger partial charge in [0.05, 0.1) is 24.4 Å². The molecule has 0 unspecified atom stereocenters. The summed E-state index contributed by atoms with van der Waals surface area (Å²) < 4.78 is 0. The molecule has 0 aliphatic rings. The predicted octanol–water partition coefficient (Wildman–Crippen LogP) is 1.62. The molecule has 0 spiro atoms. The second-order valence-corrected chi connectivity index (χ2v) is 4.93. The van der Waals surface area contributed by atoms with Crippen LogP contribution in [-0.4, -0.2) is 28.6 Å². The number of nitrogens with zero attached hydrogens (tertiary/aromatic N) is 2. The summed E-state index contributed by atoms with van der Waals surface area (Å²) in [5, 5.41) is 20.5. The van der Waals surface area contributed by atoms with Crippen LogP contribution in [-0.2, 0) is 11.2 Å². The van der Waals surface area contributed by atoms with Gasteiger partial charge < -0.3 is 10.6 Å². The van der Waals surface area contributed by atoms with Gasteiger partial charge in [0, 0.05) is 24.7 Å². The molecule has 1 aromatic carbocycles. The van der Waals surface area contributed by atoms with E-state index in [0.717, 1.165) is 5.56 Å². The summed E-state index contributed by atoms with van der Waals surface area (Å²) in [6.45, 7) is 0.403. The van der Waals surface area contributed by atoms with E-state index in [4.69, 9.17) is 5.26 Å². The van der Waals surface area contributed by atoms with Crippen LogP contribution in [0, 0.1) is 11.3 Å². The zero-order valence-electron chi connectivity index (χ0n) is 12.5. The Morgan fingerprint density at radius 2 is 2.22 bits per heavy atom. The number of carbonyl (C=O) groups excluding carboxylic acids is 2. The van der Waals surface area contributed by atoms with Gasteiger partial charge in [0.2, 0.25) is 5.91 Å². The van der Waals surface area contributed by atoms with Gasteiger partial charge in [0.15, 0.2) is 0 Å². The van der Waals surface area contributed by atoms with Crippen LogP contribution < -0.4 is 10.6 Å². The van der Waals surface area contributed by atoms with Crippen molar-refractivity contribution in [2.75, 3.05) is 11.9 Å². The third-order valence-corrected chi connectivity index (χ3v) is 3.12. The summed E-state index contributed by atoms with van der Waals surface area (Å²) in [4.78, 5) is 23.6. The summed E-state index contributed by atoms with van der Waals surface area (Å²) in [6.07, 6.45) is 4.23. The van der Waals surface area contributed by atoms with Crippen molar-refractivity contribution in [3.8, 4) is 6.07 Å². The maximum absolute atomic E-state index is 12.0. The van der Waals surface area contributed by atoms with Crippen LogP contribution in [0.4, 0.5) is 5.69 Å². The molecule has 0 aliphatic carbocycles. The third-order valence-electron chi connectivity index (χ3n) is 3.12. The van der Waals surface area contributed by atoms with Crippen LogP contribution in [0.3, 0.4) is 0 Å². The standard InChI is InChI=1S/C16H17N5O2/c17-7-6-12-3-1-4-13(9-12)16(23)18-8-2-5-15(22)21-14-10-19-20-11-14/h1,3-4,9-11H,2,5-6,8H2,(H,18,23)(H,19,20)(H,21,22). The van der Waals surface area contributed by atoms with Crippen molar-refractivity contribution in [1.82, 2.24) is 15.5 Å². The number of aromatic nitrogens is 2. The Labute approximate surface area is 133 Å². The van der Waals surface area contributed by atoms with Gasteiger partial charge in [0.1, 0.15) is 0 Å². The van der Waals surface area contributed by atoms with Gasteiger partial charge in [-0.3, -0.25) is 14.7 Å². The molecule has 2 rings (SSSR count). The molecule has 0 radical (unpaired) electrons. The molecule has 1 heterocycles. The molecule has 0 saturated carbocycles. The number of aromatic amines is 1. The number of nitrogens with one attached hydrogen (secondary N) is 3. The van der Waals surface area contributed by atoms with Crippen LogP contribution in [0.2, 0.25) is 0 Å². The van der Waals surface area contributed by atoms with E-state index in [2.05, 4.69) is 26.9 Å². The van der Waals surface area contributed by atoms with E-state index in [1.807, 2.05) is 0 Å². The zero-order chi connectivity index (χ0) is 16.5. The fourth-order valence-corrected chi connectivity index (χ4v) is 2.01. The Morgan fingerprint density at radius 1 is 1.35 bits per heavy atom. The lowest BCUT2D eigenvalue weighted by Gasteiger charge is -2.06. The number of rotatable bonds is 7. The van der Waals surface area contributed by atoms with E-state index < -0.39 is 0 Å². The maximum atomic E-state index is 12.0. The van der Waals surface area contributed by atoms with E-state index in [0.29, 0.717) is 30.6 Å². The van der Waals surface area contributed by atoms with E-state index in [-0.39, 0.29) is 18.2 Å². The summed E-state index contributed by atoms with van der Waals surface area (Å²) in [5.41, 5.74) is 1.94. The molecule has 0 fully saturated rings. The fourth-order valence-electron chi connectivity index (χ4n) is 2.01. The highest BCUT2D eigenvalue weighted by Gasteiger charge is 2.07. The van der Waals surface area contributed by atoms with Crippen LogP contribution in [0.5, 0.6) is 0 Å². The Balaban J connectivity index is 1.71. The number of amides is 2. The highest BCUT2D eigenvalue weighted by atomic mass is 16.2. The molecule has 1 aromatic heterocycles. The van der Waals surface area contributed by atoms with Gasteiger partial charge in [-0.15, -0.1) is 0 Å². The van der Waals surface area contributed by atoms with Gasteiger partial charge in [0.25, 0.3) is 5.91 Å². The minimum atomic E-state index is -0.208. The minimum Gasteiger partial charge on any atom is -0.352 e. The zero-order valence-corrected chi connectivity index (χ0v) is 12.5. The van der Waals surface area contributed by atoms with Crippen molar-refractivity contribution in [2.45, 2.75) is 19.3 Å². The molecule has 0 atom stereocenters. The van der Waals surface area contributed by atoms with Gasteiger partial charge in [-0.25, -0.2) is 0 Å². The summed E-state index contributed by atoms with van der Waals surface area (Å²) in [5.74, 6) is -0.336. The lowest BCUT2D eigenvalue weighted by molar-refractivity contribution is -0.116. The summed E-state index contributed by atoms with van der Waals surface area (Å²) in [6, 6.07) is 9.00. The molecule has 7 heteroatoms. The molecule has 3 N–H and O–H groups in total. The monoisotopic (exact) mass is 311 g/mol. The Bertz CT molecular complexity index is 704. The Morgan fingerprint density at radius 3 is 2.96 bits per heavy atom. The number of carbonyl (C=O) groups is 2. The molecule has 23 heavy (non-hydrogen) atoms. The highest BCUT2D eigenvalue weighted by Crippen LogP contribution is 2.06. The average Bonchev–Trinajstić information content (AvgIpc) is 3.05. The smallest absolute Gasteiger partial charge is 0.251 e. The van der Waals surface area contributed by atoms with Gasteiger partial charge in [-0.1, -0.05) is 12.1 Å². The highest BCUT2D eigenvalue weighted by molar-refractivity contribution is 5.94. The Hall–Kier alpha value is -3.14. The molecular formula is C16H17N5O2. The van der Waals surface area contributed by atoms with Crippen molar-refractivity contribution in [1.29, 1.82) is 5.26 Å². The maximum Gasteiger partial charge on any atom is 0.251 e. The summed E-state index contributed by atoms with van der Waals surface area (Å²) >= 11 is 0. The van der Waals surface area contributed by atoms with Crippen molar-refractivity contribution < 1.29 is 9.59 Å². The van der Waals surface area contributed by atoms with Crippen molar-refractivity contribution in [3.63, 3.8) is 0 Å². The largest absolute Gasteiger partial charge is 0.352 e. The number of nitriles is 1. The minimum absolute atomic E-state index is 0.128. The molecular weight excluding hydrogens is 294 g/mol. The first kappa shape index (κ1) is 16.2. The lowest BCUT2D eigenvalue weighted by Crippen LogP contribution is -2.25. The second kappa shape index (κ2) is 8.34. The molecule has 0 saturated heterocycles. The van der Waals surface area contributed by atoms with E-state index in [9.17, 15) is 9.59 Å². The SMILES string of the molecule is N#CCc1cccc(C(=O)NCCCC(=O)Nc2cn[nH]c2)c1. The third kappa shape index (κ3) is 5.28. The lowest BCUT2D eigenvalue weighted by atomic mass is 10.1. The van der Waals surface area contributed by atoms with Crippen molar-refractivity contribution >= 4 is 17.5 Å². The number of hydrogen-bond donors (Lipinski definition) is 3. The fraction of sp³-hybridized carbons (Fsp3) is 0.250. The molecule has 0 bridgehead atoms. The van der Waals surface area contributed by atoms with E-state index in [1.54, 1.807) is 30.5 Å². The first-order chi connectivity index (χ1) is 11.2. The van der Waals surface area contributed by atoms with E-state index in [1.165, 1.54) is 6.20 Å². The first-order valence-electron chi connectivity index (χ1n) is 7.22. The topological polar surface area (TPSA) is 111 Å². The van der Waals surface area contributed by atoms with Gasteiger partial charge in [-0.05, 0) is 24.1 Å². The van der Waals surface area contributed by atoms with Crippen LogP contribution in [0.15, 0.2) is 36.7 Å². The number of H-pyrrole nitrogens is 1. The number of hydrogen-bond acceptors (Lipinski definition) is 4.